The lowest BCUT2D eigenvalue weighted by molar-refractivity contribution is -0.132. The molecule has 18 heavy (non-hydrogen) atoms. The van der Waals surface area contributed by atoms with E-state index in [2.05, 4.69) is 10.6 Å². The Morgan fingerprint density at radius 2 is 1.89 bits per heavy atom. The Kier molecular flexibility index (Phi) is 6.43. The maximum atomic E-state index is 11.8. The average molecular weight is 276 g/mol. The molecule has 2 fully saturated rings. The molecule has 0 aromatic rings. The van der Waals surface area contributed by atoms with Crippen LogP contribution in [0.4, 0.5) is 0 Å². The van der Waals surface area contributed by atoms with E-state index in [9.17, 15) is 9.59 Å². The molecule has 6 heteroatoms. The van der Waals surface area contributed by atoms with E-state index in [1.54, 1.807) is 0 Å². The summed E-state index contributed by atoms with van der Waals surface area (Å²) in [6.07, 6.45) is 5.28. The van der Waals surface area contributed by atoms with Crippen LogP contribution in [0.15, 0.2) is 0 Å². The molecule has 0 unspecified atom stereocenters. The standard InChI is InChI=1S/C12H21N3O2.ClH/c16-11(15-7-3-4-8-15)9-14-12(17)10-5-1-2-6-13-10;/h10,13H,1-9H2,(H,14,17);1H/t10-;/m1./s1. The molecule has 0 spiro atoms. The minimum absolute atomic E-state index is 0. The fourth-order valence-electron chi connectivity index (χ4n) is 2.44. The predicted molar refractivity (Wildman–Crippen MR) is 71.7 cm³/mol. The predicted octanol–water partition coefficient (Wildman–Crippen LogP) is 0.289. The fourth-order valence-corrected chi connectivity index (χ4v) is 2.44. The van der Waals surface area contributed by atoms with Gasteiger partial charge in [0.25, 0.3) is 0 Å². The highest BCUT2D eigenvalue weighted by atomic mass is 35.5. The molecular weight excluding hydrogens is 254 g/mol. The van der Waals surface area contributed by atoms with E-state index in [1.807, 2.05) is 4.90 Å². The minimum Gasteiger partial charge on any atom is -0.346 e. The largest absolute Gasteiger partial charge is 0.346 e. The van der Waals surface area contributed by atoms with E-state index >= 15 is 0 Å². The second-order valence-electron chi connectivity index (χ2n) is 4.81. The van der Waals surface area contributed by atoms with E-state index < -0.39 is 0 Å². The van der Waals surface area contributed by atoms with Crippen LogP contribution in [-0.4, -0.2) is 48.9 Å². The number of hydrogen-bond acceptors (Lipinski definition) is 3. The van der Waals surface area contributed by atoms with Crippen LogP contribution in [0.1, 0.15) is 32.1 Å². The molecule has 1 atom stereocenters. The van der Waals surface area contributed by atoms with Crippen LogP contribution in [0, 0.1) is 0 Å². The SMILES string of the molecule is Cl.O=C(NCC(=O)N1CCCC1)[C@H]1CCCCN1. The zero-order valence-corrected chi connectivity index (χ0v) is 11.4. The molecule has 2 saturated heterocycles. The van der Waals surface area contributed by atoms with Crippen molar-refractivity contribution in [2.24, 2.45) is 0 Å². The van der Waals surface area contributed by atoms with Gasteiger partial charge in [-0.25, -0.2) is 0 Å². The molecule has 2 aliphatic rings. The molecule has 2 amide bonds. The molecule has 2 heterocycles. The molecule has 0 saturated carbocycles. The number of hydrogen-bond donors (Lipinski definition) is 2. The van der Waals surface area contributed by atoms with Gasteiger partial charge < -0.3 is 15.5 Å². The van der Waals surface area contributed by atoms with Crippen molar-refractivity contribution in [3.8, 4) is 0 Å². The van der Waals surface area contributed by atoms with Gasteiger partial charge >= 0.3 is 0 Å². The van der Waals surface area contributed by atoms with Crippen molar-refractivity contribution < 1.29 is 9.59 Å². The molecule has 0 radical (unpaired) electrons. The lowest BCUT2D eigenvalue weighted by Gasteiger charge is -2.23. The number of carbonyl (C=O) groups excluding carboxylic acids is 2. The Morgan fingerprint density at radius 3 is 2.50 bits per heavy atom. The first-order valence-corrected chi connectivity index (χ1v) is 6.56. The van der Waals surface area contributed by atoms with Crippen molar-refractivity contribution in [2.75, 3.05) is 26.2 Å². The molecular formula is C12H22ClN3O2. The first kappa shape index (κ1) is 15.2. The summed E-state index contributed by atoms with van der Waals surface area (Å²) in [5.74, 6) is 0.0175. The minimum atomic E-state index is -0.102. The van der Waals surface area contributed by atoms with Gasteiger partial charge in [-0.05, 0) is 32.2 Å². The maximum absolute atomic E-state index is 11.8. The van der Waals surface area contributed by atoms with Crippen LogP contribution in [-0.2, 0) is 9.59 Å². The molecule has 5 nitrogen and oxygen atoms in total. The van der Waals surface area contributed by atoms with E-state index in [-0.39, 0.29) is 36.8 Å². The van der Waals surface area contributed by atoms with Gasteiger partial charge in [0.15, 0.2) is 0 Å². The van der Waals surface area contributed by atoms with Crippen LogP contribution in [0.25, 0.3) is 0 Å². The van der Waals surface area contributed by atoms with Gasteiger partial charge in [-0.3, -0.25) is 9.59 Å². The zero-order chi connectivity index (χ0) is 12.1. The fraction of sp³-hybridized carbons (Fsp3) is 0.833. The second kappa shape index (κ2) is 7.59. The summed E-state index contributed by atoms with van der Waals surface area (Å²) >= 11 is 0. The summed E-state index contributed by atoms with van der Waals surface area (Å²) in [7, 11) is 0. The molecule has 0 aromatic heterocycles. The molecule has 2 aliphatic heterocycles. The molecule has 0 aliphatic carbocycles. The highest BCUT2D eigenvalue weighted by Gasteiger charge is 2.22. The van der Waals surface area contributed by atoms with Crippen LogP contribution >= 0.6 is 12.4 Å². The van der Waals surface area contributed by atoms with E-state index in [4.69, 9.17) is 0 Å². The molecule has 2 rings (SSSR count). The molecule has 104 valence electrons. The lowest BCUT2D eigenvalue weighted by Crippen LogP contribution is -2.49. The highest BCUT2D eigenvalue weighted by Crippen LogP contribution is 2.08. The number of nitrogens with zero attached hydrogens (tertiary/aromatic N) is 1. The smallest absolute Gasteiger partial charge is 0.241 e. The summed E-state index contributed by atoms with van der Waals surface area (Å²) in [5.41, 5.74) is 0. The van der Waals surface area contributed by atoms with Crippen molar-refractivity contribution >= 4 is 24.2 Å². The zero-order valence-electron chi connectivity index (χ0n) is 10.6. The number of piperidine rings is 1. The Balaban J connectivity index is 0.00000162. The number of nitrogens with one attached hydrogen (secondary N) is 2. The van der Waals surface area contributed by atoms with Gasteiger partial charge in [-0.15, -0.1) is 12.4 Å². The van der Waals surface area contributed by atoms with E-state index in [0.717, 1.165) is 51.7 Å². The van der Waals surface area contributed by atoms with Crippen LogP contribution < -0.4 is 10.6 Å². The Bertz CT molecular complexity index is 287. The van der Waals surface area contributed by atoms with Crippen LogP contribution in [0.5, 0.6) is 0 Å². The van der Waals surface area contributed by atoms with Gasteiger partial charge in [0.1, 0.15) is 0 Å². The summed E-state index contributed by atoms with van der Waals surface area (Å²) in [4.78, 5) is 25.3. The maximum Gasteiger partial charge on any atom is 0.241 e. The Hall–Kier alpha value is -0.810. The normalized spacial score (nSPS) is 23.3. The molecule has 2 N–H and O–H groups in total. The van der Waals surface area contributed by atoms with Gasteiger partial charge in [0.05, 0.1) is 12.6 Å². The number of amides is 2. The number of carbonyl (C=O) groups is 2. The van der Waals surface area contributed by atoms with Gasteiger partial charge in [-0.1, -0.05) is 6.42 Å². The summed E-state index contributed by atoms with van der Waals surface area (Å²) < 4.78 is 0. The van der Waals surface area contributed by atoms with Gasteiger partial charge in [-0.2, -0.15) is 0 Å². The van der Waals surface area contributed by atoms with Crippen molar-refractivity contribution in [1.29, 1.82) is 0 Å². The van der Waals surface area contributed by atoms with Crippen molar-refractivity contribution in [3.63, 3.8) is 0 Å². The quantitative estimate of drug-likeness (QED) is 0.778. The number of rotatable bonds is 3. The van der Waals surface area contributed by atoms with Crippen LogP contribution in [0.2, 0.25) is 0 Å². The third kappa shape index (κ3) is 4.14. The average Bonchev–Trinajstić information content (AvgIpc) is 2.90. The number of halogens is 1. The Labute approximate surface area is 114 Å². The summed E-state index contributed by atoms with van der Waals surface area (Å²) in [5, 5.41) is 5.91. The summed E-state index contributed by atoms with van der Waals surface area (Å²) in [6.45, 7) is 2.74. The van der Waals surface area contributed by atoms with E-state index in [1.165, 1.54) is 0 Å². The molecule has 0 aromatic carbocycles. The summed E-state index contributed by atoms with van der Waals surface area (Å²) in [6, 6.07) is -0.102. The first-order valence-electron chi connectivity index (χ1n) is 6.56. The van der Waals surface area contributed by atoms with Gasteiger partial charge in [0, 0.05) is 13.1 Å². The lowest BCUT2D eigenvalue weighted by atomic mass is 10.0. The van der Waals surface area contributed by atoms with Crippen molar-refractivity contribution in [2.45, 2.75) is 38.1 Å². The van der Waals surface area contributed by atoms with Crippen molar-refractivity contribution in [3.05, 3.63) is 0 Å². The second-order valence-corrected chi connectivity index (χ2v) is 4.81. The Morgan fingerprint density at radius 1 is 1.17 bits per heavy atom. The topological polar surface area (TPSA) is 61.4 Å². The highest BCUT2D eigenvalue weighted by molar-refractivity contribution is 5.87. The third-order valence-electron chi connectivity index (χ3n) is 3.50. The monoisotopic (exact) mass is 275 g/mol. The number of likely N-dealkylation sites (tertiary alicyclic amines) is 1. The van der Waals surface area contributed by atoms with Crippen LogP contribution in [0.3, 0.4) is 0 Å². The van der Waals surface area contributed by atoms with Gasteiger partial charge in [0.2, 0.25) is 11.8 Å². The first-order chi connectivity index (χ1) is 8.27. The molecule has 0 bridgehead atoms. The third-order valence-corrected chi connectivity index (χ3v) is 3.50. The van der Waals surface area contributed by atoms with Crippen molar-refractivity contribution in [1.82, 2.24) is 15.5 Å². The van der Waals surface area contributed by atoms with E-state index in [0.29, 0.717) is 0 Å².